The number of halogens is 1. The van der Waals surface area contributed by atoms with Gasteiger partial charge in [-0.1, -0.05) is 13.8 Å². The van der Waals surface area contributed by atoms with Gasteiger partial charge in [0.1, 0.15) is 0 Å². The number of nitrogens with two attached hydrogens (primary N) is 1. The summed E-state index contributed by atoms with van der Waals surface area (Å²) in [6.07, 6.45) is 1.03. The van der Waals surface area contributed by atoms with Crippen LogP contribution >= 0.6 is 0 Å². The minimum atomic E-state index is -0.907. The number of rotatable bonds is 3. The normalized spacial score (nSPS) is 11.2. The zero-order valence-electron chi connectivity index (χ0n) is 8.98. The van der Waals surface area contributed by atoms with Crippen LogP contribution in [0.5, 0.6) is 0 Å². The van der Waals surface area contributed by atoms with Gasteiger partial charge >= 0.3 is 5.69 Å². The Morgan fingerprint density at radius 1 is 1.56 bits per heavy atom. The van der Waals surface area contributed by atoms with Gasteiger partial charge < -0.3 is 5.73 Å². The number of aliphatic imine (C=N–C) groups is 1. The topological polar surface area (TPSA) is 81.5 Å². The van der Waals surface area contributed by atoms with Crippen molar-refractivity contribution in [2.45, 2.75) is 19.8 Å². The lowest BCUT2D eigenvalue weighted by atomic mass is 10.0. The Bertz CT molecular complexity index is 444. The largest absolute Gasteiger partial charge is 0.390 e. The van der Waals surface area contributed by atoms with Gasteiger partial charge in [0.2, 0.25) is 5.82 Å². The highest BCUT2D eigenvalue weighted by molar-refractivity contribution is 5.63. The Morgan fingerprint density at radius 3 is 2.62 bits per heavy atom. The van der Waals surface area contributed by atoms with Crippen molar-refractivity contribution in [3.05, 3.63) is 33.6 Å². The van der Waals surface area contributed by atoms with E-state index in [4.69, 9.17) is 5.73 Å². The first-order chi connectivity index (χ1) is 7.47. The summed E-state index contributed by atoms with van der Waals surface area (Å²) >= 11 is 0. The van der Waals surface area contributed by atoms with Crippen LogP contribution in [0, 0.1) is 15.9 Å². The number of hydrogen-bond donors (Lipinski definition) is 1. The summed E-state index contributed by atoms with van der Waals surface area (Å²) in [7, 11) is 0. The molecule has 0 bridgehead atoms. The summed E-state index contributed by atoms with van der Waals surface area (Å²) in [5.74, 6) is -0.909. The zero-order valence-corrected chi connectivity index (χ0v) is 8.98. The summed E-state index contributed by atoms with van der Waals surface area (Å²) < 4.78 is 13.3. The Kier molecular flexibility index (Phi) is 3.55. The van der Waals surface area contributed by atoms with Gasteiger partial charge in [0.15, 0.2) is 0 Å². The molecule has 0 fully saturated rings. The van der Waals surface area contributed by atoms with E-state index in [1.165, 1.54) is 6.07 Å². The van der Waals surface area contributed by atoms with Gasteiger partial charge in [-0.15, -0.1) is 0 Å². The predicted molar refractivity (Wildman–Crippen MR) is 59.5 cm³/mol. The molecule has 0 aliphatic rings. The molecule has 1 aromatic carbocycles. The van der Waals surface area contributed by atoms with E-state index in [0.29, 0.717) is 11.3 Å². The van der Waals surface area contributed by atoms with E-state index in [1.807, 2.05) is 13.8 Å². The molecular formula is C10H12FN3O2. The Morgan fingerprint density at radius 2 is 2.19 bits per heavy atom. The quantitative estimate of drug-likeness (QED) is 0.371. The van der Waals surface area contributed by atoms with E-state index in [0.717, 1.165) is 12.4 Å². The zero-order chi connectivity index (χ0) is 12.3. The van der Waals surface area contributed by atoms with Crippen LogP contribution in [-0.4, -0.2) is 11.3 Å². The first-order valence-corrected chi connectivity index (χ1v) is 4.69. The van der Waals surface area contributed by atoms with E-state index in [9.17, 15) is 14.5 Å². The molecule has 0 atom stereocenters. The van der Waals surface area contributed by atoms with E-state index in [1.54, 1.807) is 0 Å². The predicted octanol–water partition coefficient (Wildman–Crippen LogP) is 2.48. The maximum absolute atomic E-state index is 13.3. The van der Waals surface area contributed by atoms with Gasteiger partial charge in [-0.3, -0.25) is 10.1 Å². The molecule has 0 unspecified atom stereocenters. The van der Waals surface area contributed by atoms with E-state index in [2.05, 4.69) is 4.99 Å². The molecule has 1 rings (SSSR count). The summed E-state index contributed by atoms with van der Waals surface area (Å²) in [4.78, 5) is 13.6. The van der Waals surface area contributed by atoms with Crippen molar-refractivity contribution in [1.29, 1.82) is 0 Å². The van der Waals surface area contributed by atoms with Gasteiger partial charge in [-0.25, -0.2) is 4.99 Å². The maximum Gasteiger partial charge on any atom is 0.305 e. The average Bonchev–Trinajstić information content (AvgIpc) is 2.17. The van der Waals surface area contributed by atoms with Crippen LogP contribution in [0.2, 0.25) is 0 Å². The Labute approximate surface area is 91.9 Å². The highest BCUT2D eigenvalue weighted by Crippen LogP contribution is 2.32. The summed E-state index contributed by atoms with van der Waals surface area (Å²) in [6.45, 7) is 3.68. The number of nitrogens with zero attached hydrogens (tertiary/aromatic N) is 2. The molecule has 0 aromatic heterocycles. The van der Waals surface area contributed by atoms with Crippen molar-refractivity contribution in [3.63, 3.8) is 0 Å². The van der Waals surface area contributed by atoms with Gasteiger partial charge in [0, 0.05) is 12.1 Å². The highest BCUT2D eigenvalue weighted by Gasteiger charge is 2.19. The fraction of sp³-hybridized carbons (Fsp3) is 0.300. The van der Waals surface area contributed by atoms with Gasteiger partial charge in [0.05, 0.1) is 16.9 Å². The van der Waals surface area contributed by atoms with Crippen molar-refractivity contribution in [1.82, 2.24) is 0 Å². The lowest BCUT2D eigenvalue weighted by Gasteiger charge is -2.09. The number of hydrogen-bond acceptors (Lipinski definition) is 3. The lowest BCUT2D eigenvalue weighted by molar-refractivity contribution is -0.387. The van der Waals surface area contributed by atoms with Crippen LogP contribution in [0.3, 0.4) is 0 Å². The molecule has 0 saturated heterocycles. The van der Waals surface area contributed by atoms with Crippen LogP contribution < -0.4 is 5.73 Å². The van der Waals surface area contributed by atoms with Crippen molar-refractivity contribution in [2.24, 2.45) is 10.7 Å². The molecule has 0 aliphatic heterocycles. The Hall–Kier alpha value is -1.98. The smallest absolute Gasteiger partial charge is 0.305 e. The third-order valence-electron chi connectivity index (χ3n) is 2.13. The molecule has 86 valence electrons. The number of nitro benzene ring substituents is 1. The molecule has 0 aliphatic carbocycles. The van der Waals surface area contributed by atoms with E-state index < -0.39 is 16.4 Å². The van der Waals surface area contributed by atoms with E-state index >= 15 is 0 Å². The first-order valence-electron chi connectivity index (χ1n) is 4.69. The van der Waals surface area contributed by atoms with Crippen LogP contribution in [0.25, 0.3) is 0 Å². The third-order valence-corrected chi connectivity index (χ3v) is 2.13. The van der Waals surface area contributed by atoms with Gasteiger partial charge in [0.25, 0.3) is 0 Å². The van der Waals surface area contributed by atoms with Crippen molar-refractivity contribution >= 4 is 17.7 Å². The molecule has 2 N–H and O–H groups in total. The highest BCUT2D eigenvalue weighted by atomic mass is 19.1. The third kappa shape index (κ3) is 2.33. The van der Waals surface area contributed by atoms with Crippen LogP contribution in [0.15, 0.2) is 17.1 Å². The first kappa shape index (κ1) is 12.1. The molecule has 0 heterocycles. The van der Waals surface area contributed by atoms with Crippen LogP contribution in [0.1, 0.15) is 25.3 Å². The molecule has 5 nitrogen and oxygen atoms in total. The second-order valence-corrected chi connectivity index (χ2v) is 3.55. The number of nitro groups is 1. The minimum absolute atomic E-state index is 0.00185. The van der Waals surface area contributed by atoms with Crippen LogP contribution in [0.4, 0.5) is 15.8 Å². The van der Waals surface area contributed by atoms with Crippen molar-refractivity contribution in [3.8, 4) is 0 Å². The molecular weight excluding hydrogens is 213 g/mol. The fourth-order valence-corrected chi connectivity index (χ4v) is 1.36. The monoisotopic (exact) mass is 225 g/mol. The molecule has 1 aromatic rings. The summed E-state index contributed by atoms with van der Waals surface area (Å²) in [6, 6.07) is 2.22. The molecule has 16 heavy (non-hydrogen) atoms. The number of benzene rings is 1. The second-order valence-electron chi connectivity index (χ2n) is 3.55. The van der Waals surface area contributed by atoms with E-state index in [-0.39, 0.29) is 5.92 Å². The maximum atomic E-state index is 13.3. The van der Waals surface area contributed by atoms with Gasteiger partial charge in [-0.05, 0) is 11.5 Å². The standard InChI is InChI=1S/C10H12FN3O2/c1-6(2)7-3-10(14(15)16)8(11)4-9(7)13-5-12/h3-6H,1-2H3,(H2,12,13). The Balaban J connectivity index is 3.42. The lowest BCUT2D eigenvalue weighted by Crippen LogP contribution is -1.98. The summed E-state index contributed by atoms with van der Waals surface area (Å²) in [5, 5.41) is 10.6. The SMILES string of the molecule is CC(C)c1cc([N+](=O)[O-])c(F)cc1N=CN. The fourth-order valence-electron chi connectivity index (χ4n) is 1.36. The molecule has 0 spiro atoms. The molecule has 6 heteroatoms. The second kappa shape index (κ2) is 4.69. The van der Waals surface area contributed by atoms with Gasteiger partial charge in [-0.2, -0.15) is 4.39 Å². The van der Waals surface area contributed by atoms with Crippen molar-refractivity contribution < 1.29 is 9.31 Å². The molecule has 0 radical (unpaired) electrons. The summed E-state index contributed by atoms with van der Waals surface area (Å²) in [5.41, 5.74) is 5.50. The molecule has 0 amide bonds. The average molecular weight is 225 g/mol. The van der Waals surface area contributed by atoms with Crippen molar-refractivity contribution in [2.75, 3.05) is 0 Å². The minimum Gasteiger partial charge on any atom is -0.390 e. The van der Waals surface area contributed by atoms with Crippen LogP contribution in [-0.2, 0) is 0 Å². The molecule has 0 saturated carbocycles.